The van der Waals surface area contributed by atoms with Gasteiger partial charge < -0.3 is 19.4 Å². The number of anilines is 1. The third-order valence-electron chi connectivity index (χ3n) is 4.61. The van der Waals surface area contributed by atoms with Crippen molar-refractivity contribution >= 4 is 11.7 Å². The number of fused-ring (bicyclic) bond motifs is 1. The van der Waals surface area contributed by atoms with E-state index in [-0.39, 0.29) is 5.91 Å². The molecule has 1 aliphatic heterocycles. The van der Waals surface area contributed by atoms with E-state index in [1.807, 2.05) is 55.7 Å². The lowest BCUT2D eigenvalue weighted by atomic mass is 10.2. The molecular weight excluding hydrogens is 342 g/mol. The van der Waals surface area contributed by atoms with Crippen molar-refractivity contribution in [3.05, 3.63) is 65.1 Å². The number of benzene rings is 1. The molecule has 6 nitrogen and oxygen atoms in total. The van der Waals surface area contributed by atoms with Gasteiger partial charge >= 0.3 is 0 Å². The fourth-order valence-electron chi connectivity index (χ4n) is 3.29. The Balaban J connectivity index is 1.65. The molecule has 2 aromatic heterocycles. The number of carbonyl (C=O) groups excluding carboxylic acids is 1. The average molecular weight is 363 g/mol. The van der Waals surface area contributed by atoms with Crippen LogP contribution in [0.3, 0.4) is 0 Å². The Morgan fingerprint density at radius 3 is 2.56 bits per heavy atom. The lowest BCUT2D eigenvalue weighted by Crippen LogP contribution is -2.16. The Bertz CT molecular complexity index is 1010. The van der Waals surface area contributed by atoms with Crippen LogP contribution in [0.15, 0.2) is 42.6 Å². The van der Waals surface area contributed by atoms with Crippen LogP contribution in [0.25, 0.3) is 5.69 Å². The Morgan fingerprint density at radius 2 is 1.81 bits per heavy atom. The summed E-state index contributed by atoms with van der Waals surface area (Å²) in [6.45, 7) is 6.97. The van der Waals surface area contributed by atoms with Crippen molar-refractivity contribution in [1.29, 1.82) is 0 Å². The average Bonchev–Trinajstić information content (AvgIpc) is 2.97. The molecular formula is C21H21N3O3. The van der Waals surface area contributed by atoms with E-state index in [2.05, 4.69) is 10.3 Å². The molecule has 0 spiro atoms. The summed E-state index contributed by atoms with van der Waals surface area (Å²) in [5.41, 5.74) is 4.41. The van der Waals surface area contributed by atoms with E-state index in [0.29, 0.717) is 24.6 Å². The minimum absolute atomic E-state index is 0.178. The molecule has 1 N–H and O–H groups in total. The van der Waals surface area contributed by atoms with Crippen LogP contribution in [0.2, 0.25) is 0 Å². The molecule has 0 saturated heterocycles. The summed E-state index contributed by atoms with van der Waals surface area (Å²) in [7, 11) is 0. The highest BCUT2D eigenvalue weighted by Gasteiger charge is 2.19. The topological polar surface area (TPSA) is 65.4 Å². The maximum absolute atomic E-state index is 12.7. The monoisotopic (exact) mass is 363 g/mol. The van der Waals surface area contributed by atoms with Gasteiger partial charge in [-0.05, 0) is 50.6 Å². The number of amides is 1. The van der Waals surface area contributed by atoms with Crippen molar-refractivity contribution < 1.29 is 14.3 Å². The SMILES string of the molecule is Cc1ccc(NC(=O)c2cc(C)n(-c3ccc4c(c3)OCCO4)c2C)nc1. The van der Waals surface area contributed by atoms with E-state index in [1.54, 1.807) is 12.3 Å². The van der Waals surface area contributed by atoms with Gasteiger partial charge in [0, 0.05) is 29.3 Å². The summed E-state index contributed by atoms with van der Waals surface area (Å²) in [4.78, 5) is 17.0. The molecule has 27 heavy (non-hydrogen) atoms. The second-order valence-corrected chi connectivity index (χ2v) is 6.62. The first-order valence-electron chi connectivity index (χ1n) is 8.86. The largest absolute Gasteiger partial charge is 0.486 e. The third kappa shape index (κ3) is 3.26. The zero-order chi connectivity index (χ0) is 19.0. The minimum Gasteiger partial charge on any atom is -0.486 e. The Morgan fingerprint density at radius 1 is 1.04 bits per heavy atom. The van der Waals surface area contributed by atoms with Crippen molar-refractivity contribution in [3.63, 3.8) is 0 Å². The van der Waals surface area contributed by atoms with E-state index in [4.69, 9.17) is 9.47 Å². The zero-order valence-electron chi connectivity index (χ0n) is 15.6. The molecule has 3 aromatic rings. The van der Waals surface area contributed by atoms with Gasteiger partial charge in [0.1, 0.15) is 19.0 Å². The summed E-state index contributed by atoms with van der Waals surface area (Å²) >= 11 is 0. The fourth-order valence-corrected chi connectivity index (χ4v) is 3.29. The van der Waals surface area contributed by atoms with Crippen LogP contribution in [0.1, 0.15) is 27.3 Å². The van der Waals surface area contributed by atoms with Crippen molar-refractivity contribution in [2.75, 3.05) is 18.5 Å². The smallest absolute Gasteiger partial charge is 0.258 e. The molecule has 1 amide bonds. The number of ether oxygens (including phenoxy) is 2. The lowest BCUT2D eigenvalue weighted by Gasteiger charge is -2.20. The van der Waals surface area contributed by atoms with E-state index in [1.165, 1.54) is 0 Å². The number of pyridine rings is 1. The Kier molecular flexibility index (Phi) is 4.32. The number of nitrogens with one attached hydrogen (secondary N) is 1. The van der Waals surface area contributed by atoms with Gasteiger partial charge in [-0.25, -0.2) is 4.98 Å². The fraction of sp³-hybridized carbons (Fsp3) is 0.238. The standard InChI is InChI=1S/C21H21N3O3/c1-13-4-7-20(22-12-13)23-21(25)17-10-14(2)24(15(17)3)16-5-6-18-19(11-16)27-9-8-26-18/h4-7,10-12H,8-9H2,1-3H3,(H,22,23,25). The molecule has 1 aromatic carbocycles. The maximum Gasteiger partial charge on any atom is 0.258 e. The van der Waals surface area contributed by atoms with Crippen LogP contribution in [0.4, 0.5) is 5.82 Å². The van der Waals surface area contributed by atoms with Gasteiger partial charge in [-0.3, -0.25) is 4.79 Å². The Labute approximate surface area is 157 Å². The Hall–Kier alpha value is -3.28. The molecule has 0 radical (unpaired) electrons. The summed E-state index contributed by atoms with van der Waals surface area (Å²) in [6, 6.07) is 11.4. The molecule has 3 heterocycles. The molecule has 0 bridgehead atoms. The number of aromatic nitrogens is 2. The van der Waals surface area contributed by atoms with Crippen LogP contribution in [-0.2, 0) is 0 Å². The van der Waals surface area contributed by atoms with Crippen molar-refractivity contribution in [3.8, 4) is 17.2 Å². The molecule has 0 fully saturated rings. The number of hydrogen-bond donors (Lipinski definition) is 1. The van der Waals surface area contributed by atoms with Gasteiger partial charge in [-0.15, -0.1) is 0 Å². The van der Waals surface area contributed by atoms with Gasteiger partial charge in [0.15, 0.2) is 11.5 Å². The van der Waals surface area contributed by atoms with E-state index >= 15 is 0 Å². The maximum atomic E-state index is 12.7. The van der Waals surface area contributed by atoms with Crippen LogP contribution < -0.4 is 14.8 Å². The second kappa shape index (κ2) is 6.79. The van der Waals surface area contributed by atoms with Crippen molar-refractivity contribution in [2.24, 2.45) is 0 Å². The van der Waals surface area contributed by atoms with Crippen LogP contribution >= 0.6 is 0 Å². The molecule has 0 aliphatic carbocycles. The van der Waals surface area contributed by atoms with Gasteiger partial charge in [0.2, 0.25) is 0 Å². The summed E-state index contributed by atoms with van der Waals surface area (Å²) < 4.78 is 13.3. The molecule has 138 valence electrons. The van der Waals surface area contributed by atoms with Gasteiger partial charge in [0.05, 0.1) is 5.56 Å². The zero-order valence-corrected chi connectivity index (χ0v) is 15.6. The number of hydrogen-bond acceptors (Lipinski definition) is 4. The van der Waals surface area contributed by atoms with Crippen molar-refractivity contribution in [1.82, 2.24) is 9.55 Å². The van der Waals surface area contributed by atoms with E-state index in [0.717, 1.165) is 34.1 Å². The van der Waals surface area contributed by atoms with E-state index < -0.39 is 0 Å². The predicted molar refractivity (Wildman–Crippen MR) is 103 cm³/mol. The van der Waals surface area contributed by atoms with Crippen molar-refractivity contribution in [2.45, 2.75) is 20.8 Å². The molecule has 1 aliphatic rings. The van der Waals surface area contributed by atoms with Crippen LogP contribution in [0, 0.1) is 20.8 Å². The van der Waals surface area contributed by atoms with Gasteiger partial charge in [-0.1, -0.05) is 6.07 Å². The van der Waals surface area contributed by atoms with E-state index in [9.17, 15) is 4.79 Å². The molecule has 0 saturated carbocycles. The number of rotatable bonds is 3. The molecule has 6 heteroatoms. The van der Waals surface area contributed by atoms with Crippen LogP contribution in [-0.4, -0.2) is 28.7 Å². The van der Waals surface area contributed by atoms with Gasteiger partial charge in [0.25, 0.3) is 5.91 Å². The second-order valence-electron chi connectivity index (χ2n) is 6.62. The highest BCUT2D eigenvalue weighted by molar-refractivity contribution is 6.05. The first kappa shape index (κ1) is 17.1. The summed E-state index contributed by atoms with van der Waals surface area (Å²) in [6.07, 6.45) is 1.73. The highest BCUT2D eigenvalue weighted by Crippen LogP contribution is 2.33. The number of carbonyl (C=O) groups is 1. The number of aryl methyl sites for hydroxylation is 2. The third-order valence-corrected chi connectivity index (χ3v) is 4.61. The first-order valence-corrected chi connectivity index (χ1v) is 8.86. The van der Waals surface area contributed by atoms with Gasteiger partial charge in [-0.2, -0.15) is 0 Å². The lowest BCUT2D eigenvalue weighted by molar-refractivity contribution is 0.102. The normalized spacial score (nSPS) is 12.7. The van der Waals surface area contributed by atoms with Crippen LogP contribution in [0.5, 0.6) is 11.5 Å². The highest BCUT2D eigenvalue weighted by atomic mass is 16.6. The minimum atomic E-state index is -0.178. The summed E-state index contributed by atoms with van der Waals surface area (Å²) in [5, 5.41) is 2.86. The quantitative estimate of drug-likeness (QED) is 0.768. The predicted octanol–water partition coefficient (Wildman–Crippen LogP) is 3.82. The summed E-state index contributed by atoms with van der Waals surface area (Å²) in [5.74, 6) is 1.83. The molecule has 0 unspecified atom stereocenters. The molecule has 4 rings (SSSR count). The first-order chi connectivity index (χ1) is 13.0. The number of nitrogens with zero attached hydrogens (tertiary/aromatic N) is 2. The molecule has 0 atom stereocenters.